The molecule has 1 atom stereocenters. The van der Waals surface area contributed by atoms with Gasteiger partial charge in [-0.2, -0.15) is 0 Å². The van der Waals surface area contributed by atoms with Gasteiger partial charge in [0.1, 0.15) is 0 Å². The van der Waals surface area contributed by atoms with Gasteiger partial charge < -0.3 is 15.0 Å². The second-order valence-electron chi connectivity index (χ2n) is 6.67. The summed E-state index contributed by atoms with van der Waals surface area (Å²) in [4.78, 5) is 37.5. The van der Waals surface area contributed by atoms with E-state index in [2.05, 4.69) is 15.5 Å². The van der Waals surface area contributed by atoms with Crippen LogP contribution >= 0.6 is 11.8 Å². The van der Waals surface area contributed by atoms with Gasteiger partial charge in [0.25, 0.3) is 5.91 Å². The van der Waals surface area contributed by atoms with E-state index in [0.717, 1.165) is 12.8 Å². The third kappa shape index (κ3) is 5.02. The molecule has 0 unspecified atom stereocenters. The number of nitrogens with one attached hydrogen (secondary N) is 2. The molecular weight excluding hydrogens is 382 g/mol. The molecule has 1 aliphatic rings. The average Bonchev–Trinajstić information content (AvgIpc) is 3.31. The largest absolute Gasteiger partial charge is 0.376 e. The van der Waals surface area contributed by atoms with Gasteiger partial charge in [-0.3, -0.25) is 14.2 Å². The standard InChI is InChI=1S/C18H23N5O4S/c1-22(2)16(25)12-5-7-13(8-6-12)19-15(24)11-28-18-21-20-17(26)23(18)10-14-4-3-9-27-14/h5-8,14H,3-4,9-11H2,1-2H3,(H,19,24)(H,20,26)/t14-/m0/s1. The summed E-state index contributed by atoms with van der Waals surface area (Å²) in [6.07, 6.45) is 1.90. The predicted octanol–water partition coefficient (Wildman–Crippen LogP) is 1.18. The van der Waals surface area contributed by atoms with Gasteiger partial charge >= 0.3 is 5.69 Å². The number of thioether (sulfide) groups is 1. The Morgan fingerprint density at radius 2 is 2.11 bits per heavy atom. The Morgan fingerprint density at radius 3 is 2.75 bits per heavy atom. The number of carbonyl (C=O) groups is 2. The van der Waals surface area contributed by atoms with Crippen molar-refractivity contribution >= 4 is 29.3 Å². The van der Waals surface area contributed by atoms with Gasteiger partial charge in [-0.05, 0) is 37.1 Å². The number of benzene rings is 1. The molecule has 0 radical (unpaired) electrons. The number of rotatable bonds is 7. The van der Waals surface area contributed by atoms with Crippen LogP contribution in [0.5, 0.6) is 0 Å². The zero-order valence-electron chi connectivity index (χ0n) is 15.8. The van der Waals surface area contributed by atoms with Crippen molar-refractivity contribution in [2.45, 2.75) is 30.6 Å². The number of ether oxygens (including phenoxy) is 1. The minimum absolute atomic E-state index is 0.00636. The summed E-state index contributed by atoms with van der Waals surface area (Å²) in [6, 6.07) is 6.69. The summed E-state index contributed by atoms with van der Waals surface area (Å²) < 4.78 is 7.07. The number of nitrogens with zero attached hydrogens (tertiary/aromatic N) is 3. The molecule has 1 aromatic heterocycles. The molecule has 2 aromatic rings. The molecular formula is C18H23N5O4S. The van der Waals surface area contributed by atoms with Crippen LogP contribution in [0.3, 0.4) is 0 Å². The van der Waals surface area contributed by atoms with E-state index < -0.39 is 0 Å². The SMILES string of the molecule is CN(C)C(=O)c1ccc(NC(=O)CSc2n[nH]c(=O)n2C[C@@H]2CCCO2)cc1. The molecule has 1 fully saturated rings. The molecule has 1 aliphatic heterocycles. The van der Waals surface area contributed by atoms with Crippen LogP contribution in [0.25, 0.3) is 0 Å². The predicted molar refractivity (Wildman–Crippen MR) is 106 cm³/mol. The first-order chi connectivity index (χ1) is 13.4. The molecule has 0 aliphatic carbocycles. The lowest BCUT2D eigenvalue weighted by Gasteiger charge is -2.11. The van der Waals surface area contributed by atoms with Gasteiger partial charge in [0.15, 0.2) is 5.16 Å². The smallest absolute Gasteiger partial charge is 0.344 e. The fraction of sp³-hybridized carbons (Fsp3) is 0.444. The quantitative estimate of drug-likeness (QED) is 0.670. The highest BCUT2D eigenvalue weighted by Gasteiger charge is 2.20. The molecule has 0 saturated carbocycles. The van der Waals surface area contributed by atoms with Crippen LogP contribution in [0, 0.1) is 0 Å². The van der Waals surface area contributed by atoms with Crippen molar-refractivity contribution in [1.82, 2.24) is 19.7 Å². The fourth-order valence-electron chi connectivity index (χ4n) is 2.85. The maximum Gasteiger partial charge on any atom is 0.344 e. The van der Waals surface area contributed by atoms with Crippen LogP contribution in [0.2, 0.25) is 0 Å². The first-order valence-electron chi connectivity index (χ1n) is 8.95. The number of aromatic nitrogens is 3. The molecule has 10 heteroatoms. The van der Waals surface area contributed by atoms with E-state index in [4.69, 9.17) is 4.74 Å². The minimum atomic E-state index is -0.306. The Balaban J connectivity index is 1.54. The monoisotopic (exact) mass is 405 g/mol. The molecule has 150 valence electrons. The highest BCUT2D eigenvalue weighted by Crippen LogP contribution is 2.18. The van der Waals surface area contributed by atoms with E-state index in [1.54, 1.807) is 38.4 Å². The van der Waals surface area contributed by atoms with Crippen molar-refractivity contribution in [1.29, 1.82) is 0 Å². The zero-order valence-corrected chi connectivity index (χ0v) is 16.6. The number of hydrogen-bond acceptors (Lipinski definition) is 6. The van der Waals surface area contributed by atoms with Gasteiger partial charge in [-0.25, -0.2) is 9.89 Å². The Kier molecular flexibility index (Phi) is 6.53. The average molecular weight is 405 g/mol. The van der Waals surface area contributed by atoms with Crippen molar-refractivity contribution in [3.8, 4) is 0 Å². The van der Waals surface area contributed by atoms with E-state index in [9.17, 15) is 14.4 Å². The summed E-state index contributed by atoms with van der Waals surface area (Å²) >= 11 is 1.18. The van der Waals surface area contributed by atoms with E-state index in [-0.39, 0.29) is 29.4 Å². The van der Waals surface area contributed by atoms with Crippen molar-refractivity contribution < 1.29 is 14.3 Å². The molecule has 28 heavy (non-hydrogen) atoms. The maximum absolute atomic E-state index is 12.2. The van der Waals surface area contributed by atoms with E-state index in [1.165, 1.54) is 21.2 Å². The molecule has 1 aromatic carbocycles. The van der Waals surface area contributed by atoms with Crippen molar-refractivity contribution in [3.63, 3.8) is 0 Å². The van der Waals surface area contributed by atoms with Gasteiger partial charge in [0.2, 0.25) is 5.91 Å². The Labute approximate surface area is 166 Å². The molecule has 1 saturated heterocycles. The third-order valence-corrected chi connectivity index (χ3v) is 5.26. The molecule has 2 N–H and O–H groups in total. The lowest BCUT2D eigenvalue weighted by atomic mass is 10.2. The van der Waals surface area contributed by atoms with E-state index in [1.807, 2.05) is 0 Å². The molecule has 3 rings (SSSR count). The number of amides is 2. The first-order valence-corrected chi connectivity index (χ1v) is 9.94. The van der Waals surface area contributed by atoms with Crippen molar-refractivity contribution in [2.75, 3.05) is 31.8 Å². The molecule has 9 nitrogen and oxygen atoms in total. The molecule has 2 heterocycles. The van der Waals surface area contributed by atoms with Crippen LogP contribution in [-0.4, -0.2) is 64.0 Å². The topological polar surface area (TPSA) is 109 Å². The van der Waals surface area contributed by atoms with Crippen LogP contribution in [-0.2, 0) is 16.1 Å². The number of hydrogen-bond donors (Lipinski definition) is 2. The van der Waals surface area contributed by atoms with Gasteiger partial charge in [0.05, 0.1) is 18.4 Å². The van der Waals surface area contributed by atoms with Gasteiger partial charge in [-0.15, -0.1) is 5.10 Å². The first kappa shape index (κ1) is 20.2. The second-order valence-corrected chi connectivity index (χ2v) is 7.61. The van der Waals surface area contributed by atoms with Crippen LogP contribution < -0.4 is 11.0 Å². The Bertz CT molecular complexity index is 884. The van der Waals surface area contributed by atoms with Crippen molar-refractivity contribution in [2.24, 2.45) is 0 Å². The Hall–Kier alpha value is -2.59. The normalized spacial score (nSPS) is 16.1. The van der Waals surface area contributed by atoms with E-state index >= 15 is 0 Å². The molecule has 2 amide bonds. The summed E-state index contributed by atoms with van der Waals surface area (Å²) in [6.45, 7) is 1.14. The number of carbonyl (C=O) groups excluding carboxylic acids is 2. The highest BCUT2D eigenvalue weighted by molar-refractivity contribution is 7.99. The van der Waals surface area contributed by atoms with Gasteiger partial charge in [0, 0.05) is 32.0 Å². The van der Waals surface area contributed by atoms with Gasteiger partial charge in [-0.1, -0.05) is 11.8 Å². The maximum atomic E-state index is 12.2. The van der Waals surface area contributed by atoms with Crippen LogP contribution in [0.1, 0.15) is 23.2 Å². The number of H-pyrrole nitrogens is 1. The lowest BCUT2D eigenvalue weighted by Crippen LogP contribution is -2.25. The fourth-order valence-corrected chi connectivity index (χ4v) is 3.60. The molecule has 0 spiro atoms. The summed E-state index contributed by atoms with van der Waals surface area (Å²) in [7, 11) is 3.37. The summed E-state index contributed by atoms with van der Waals surface area (Å²) in [5.41, 5.74) is 0.839. The summed E-state index contributed by atoms with van der Waals surface area (Å²) in [5, 5.41) is 9.65. The number of anilines is 1. The minimum Gasteiger partial charge on any atom is -0.376 e. The van der Waals surface area contributed by atoms with Crippen molar-refractivity contribution in [3.05, 3.63) is 40.3 Å². The third-order valence-electron chi connectivity index (χ3n) is 4.29. The second kappa shape index (κ2) is 9.07. The molecule has 0 bridgehead atoms. The Morgan fingerprint density at radius 1 is 1.36 bits per heavy atom. The van der Waals surface area contributed by atoms with E-state index in [0.29, 0.717) is 29.6 Å². The highest BCUT2D eigenvalue weighted by atomic mass is 32.2. The zero-order chi connectivity index (χ0) is 20.1. The number of aromatic amines is 1. The van der Waals surface area contributed by atoms with Crippen LogP contribution in [0.15, 0.2) is 34.2 Å². The lowest BCUT2D eigenvalue weighted by molar-refractivity contribution is -0.113. The summed E-state index contributed by atoms with van der Waals surface area (Å²) in [5.74, 6) is -0.222. The van der Waals surface area contributed by atoms with Crippen LogP contribution in [0.4, 0.5) is 5.69 Å².